The highest BCUT2D eigenvalue weighted by Gasteiger charge is 2.38. The summed E-state index contributed by atoms with van der Waals surface area (Å²) in [6.07, 6.45) is -4.48. The number of aliphatic carboxylic acids is 1. The molecule has 0 aromatic heterocycles. The lowest BCUT2D eigenvalue weighted by Crippen LogP contribution is -2.36. The summed E-state index contributed by atoms with van der Waals surface area (Å²) in [4.78, 5) is 22.2. The van der Waals surface area contributed by atoms with Gasteiger partial charge in [-0.05, 0) is 17.7 Å². The van der Waals surface area contributed by atoms with E-state index in [1.54, 1.807) is 0 Å². The van der Waals surface area contributed by atoms with E-state index in [-0.39, 0.29) is 6.42 Å². The van der Waals surface area contributed by atoms with Gasteiger partial charge >= 0.3 is 12.1 Å². The molecule has 2 N–H and O–H groups in total. The number of carbonyl (C=O) groups excluding carboxylic acids is 1. The van der Waals surface area contributed by atoms with Crippen LogP contribution in [0.15, 0.2) is 24.3 Å². The highest BCUT2D eigenvalue weighted by molar-refractivity contribution is 5.89. The van der Waals surface area contributed by atoms with Crippen LogP contribution in [0.2, 0.25) is 0 Å². The number of carbonyl (C=O) groups is 2. The van der Waals surface area contributed by atoms with E-state index < -0.39 is 35.6 Å². The molecule has 1 aromatic carbocycles. The first-order chi connectivity index (χ1) is 8.79. The second-order valence-corrected chi connectivity index (χ2v) is 4.31. The molecule has 0 bridgehead atoms. The first-order valence-electron chi connectivity index (χ1n) is 5.48. The largest absolute Gasteiger partial charge is 0.480 e. The van der Waals surface area contributed by atoms with Crippen LogP contribution in [0.3, 0.4) is 0 Å². The van der Waals surface area contributed by atoms with Gasteiger partial charge in [0.05, 0.1) is 5.56 Å². The molecule has 1 aliphatic heterocycles. The van der Waals surface area contributed by atoms with Crippen molar-refractivity contribution in [3.05, 3.63) is 35.4 Å². The molecule has 4 nitrogen and oxygen atoms in total. The van der Waals surface area contributed by atoms with Crippen LogP contribution in [0, 0.1) is 0 Å². The lowest BCUT2D eigenvalue weighted by Gasteiger charge is -2.15. The molecule has 2 unspecified atom stereocenters. The minimum atomic E-state index is -4.44. The summed E-state index contributed by atoms with van der Waals surface area (Å²) >= 11 is 0. The molecule has 0 radical (unpaired) electrons. The normalized spacial score (nSPS) is 23.2. The third kappa shape index (κ3) is 2.69. The molecule has 7 heteroatoms. The number of hydrogen-bond acceptors (Lipinski definition) is 2. The van der Waals surface area contributed by atoms with Crippen LogP contribution in [-0.4, -0.2) is 23.0 Å². The fourth-order valence-electron chi connectivity index (χ4n) is 2.11. The first-order valence-corrected chi connectivity index (χ1v) is 5.48. The number of hydrogen-bond donors (Lipinski definition) is 2. The Morgan fingerprint density at radius 3 is 2.32 bits per heavy atom. The number of rotatable bonds is 2. The zero-order valence-electron chi connectivity index (χ0n) is 9.57. The van der Waals surface area contributed by atoms with Gasteiger partial charge in [-0.15, -0.1) is 0 Å². The molecule has 0 saturated carbocycles. The zero-order chi connectivity index (χ0) is 14.2. The Balaban J connectivity index is 2.27. The SMILES string of the molecule is O=C1CC(c2ccc(C(F)(F)F)cc2)C(C(=O)O)N1. The number of halogens is 3. The molecule has 0 spiro atoms. The van der Waals surface area contributed by atoms with E-state index in [4.69, 9.17) is 5.11 Å². The van der Waals surface area contributed by atoms with Crippen molar-refractivity contribution in [2.75, 3.05) is 0 Å². The van der Waals surface area contributed by atoms with Crippen LogP contribution in [0.5, 0.6) is 0 Å². The van der Waals surface area contributed by atoms with E-state index in [0.29, 0.717) is 5.56 Å². The fourth-order valence-corrected chi connectivity index (χ4v) is 2.11. The van der Waals surface area contributed by atoms with E-state index in [2.05, 4.69) is 5.32 Å². The molecule has 2 atom stereocenters. The van der Waals surface area contributed by atoms with Crippen molar-refractivity contribution < 1.29 is 27.9 Å². The van der Waals surface area contributed by atoms with Gasteiger partial charge in [0.1, 0.15) is 6.04 Å². The predicted molar refractivity (Wildman–Crippen MR) is 58.4 cm³/mol. The van der Waals surface area contributed by atoms with E-state index in [1.165, 1.54) is 12.1 Å². The van der Waals surface area contributed by atoms with Crippen LogP contribution < -0.4 is 5.32 Å². The summed E-state index contributed by atoms with van der Waals surface area (Å²) in [7, 11) is 0. The number of carboxylic acid groups (broad SMARTS) is 1. The van der Waals surface area contributed by atoms with E-state index >= 15 is 0 Å². The number of nitrogens with one attached hydrogen (secondary N) is 1. The number of amides is 1. The monoisotopic (exact) mass is 273 g/mol. The zero-order valence-corrected chi connectivity index (χ0v) is 9.57. The highest BCUT2D eigenvalue weighted by Crippen LogP contribution is 2.33. The van der Waals surface area contributed by atoms with Crippen LogP contribution in [0.4, 0.5) is 13.2 Å². The van der Waals surface area contributed by atoms with Gasteiger partial charge in [-0.3, -0.25) is 4.79 Å². The Bertz CT molecular complexity index is 510. The Morgan fingerprint density at radius 2 is 1.84 bits per heavy atom. The second-order valence-electron chi connectivity index (χ2n) is 4.31. The van der Waals surface area contributed by atoms with Gasteiger partial charge in [-0.1, -0.05) is 12.1 Å². The van der Waals surface area contributed by atoms with Crippen LogP contribution in [0.25, 0.3) is 0 Å². The minimum absolute atomic E-state index is 0.0394. The molecule has 2 rings (SSSR count). The summed E-state index contributed by atoms with van der Waals surface area (Å²) < 4.78 is 37.2. The second kappa shape index (κ2) is 4.56. The maximum Gasteiger partial charge on any atom is 0.416 e. The Morgan fingerprint density at radius 1 is 1.26 bits per heavy atom. The lowest BCUT2D eigenvalue weighted by atomic mass is 9.91. The molecule has 19 heavy (non-hydrogen) atoms. The number of benzene rings is 1. The summed E-state index contributed by atoms with van der Waals surface area (Å²) in [5.74, 6) is -2.26. The maximum absolute atomic E-state index is 12.4. The minimum Gasteiger partial charge on any atom is -0.480 e. The van der Waals surface area contributed by atoms with Gasteiger partial charge in [0.15, 0.2) is 0 Å². The Hall–Kier alpha value is -2.05. The van der Waals surface area contributed by atoms with E-state index in [1.807, 2.05) is 0 Å². The highest BCUT2D eigenvalue weighted by atomic mass is 19.4. The van der Waals surface area contributed by atoms with E-state index in [9.17, 15) is 22.8 Å². The molecular weight excluding hydrogens is 263 g/mol. The number of carboxylic acids is 1. The smallest absolute Gasteiger partial charge is 0.416 e. The third-order valence-electron chi connectivity index (χ3n) is 3.06. The first kappa shape index (κ1) is 13.4. The van der Waals surface area contributed by atoms with Gasteiger partial charge in [0.2, 0.25) is 5.91 Å². The average Bonchev–Trinajstić information content (AvgIpc) is 2.70. The van der Waals surface area contributed by atoms with Crippen molar-refractivity contribution >= 4 is 11.9 Å². The summed E-state index contributed by atoms with van der Waals surface area (Å²) in [6.45, 7) is 0. The molecule has 1 fully saturated rings. The Labute approximate surface area is 106 Å². The molecule has 1 aliphatic rings. The van der Waals surface area contributed by atoms with Gasteiger partial charge in [0.25, 0.3) is 0 Å². The van der Waals surface area contributed by atoms with Gasteiger partial charge in [0, 0.05) is 12.3 Å². The van der Waals surface area contributed by atoms with Gasteiger partial charge in [-0.25, -0.2) is 4.79 Å². The third-order valence-corrected chi connectivity index (χ3v) is 3.06. The molecule has 1 saturated heterocycles. The molecule has 0 aliphatic carbocycles. The maximum atomic E-state index is 12.4. The van der Waals surface area contributed by atoms with Crippen molar-refractivity contribution in [3.63, 3.8) is 0 Å². The van der Waals surface area contributed by atoms with Gasteiger partial charge < -0.3 is 10.4 Å². The molecule has 1 heterocycles. The van der Waals surface area contributed by atoms with Crippen LogP contribution in [0.1, 0.15) is 23.5 Å². The van der Waals surface area contributed by atoms with Crippen molar-refractivity contribution in [3.8, 4) is 0 Å². The number of alkyl halides is 3. The van der Waals surface area contributed by atoms with Crippen LogP contribution in [-0.2, 0) is 15.8 Å². The standard InChI is InChI=1S/C12H10F3NO3/c13-12(14,15)7-3-1-6(2-4-7)8-5-9(17)16-10(8)11(18)19/h1-4,8,10H,5H2,(H,16,17)(H,18,19). The fraction of sp³-hybridized carbons (Fsp3) is 0.333. The molecule has 1 amide bonds. The van der Waals surface area contributed by atoms with Crippen molar-refractivity contribution in [2.24, 2.45) is 0 Å². The predicted octanol–water partition coefficient (Wildman–Crippen LogP) is 1.76. The van der Waals surface area contributed by atoms with Crippen LogP contribution >= 0.6 is 0 Å². The van der Waals surface area contributed by atoms with Crippen molar-refractivity contribution in [2.45, 2.75) is 24.6 Å². The quantitative estimate of drug-likeness (QED) is 0.862. The average molecular weight is 273 g/mol. The van der Waals surface area contributed by atoms with Crippen molar-refractivity contribution in [1.29, 1.82) is 0 Å². The van der Waals surface area contributed by atoms with Crippen molar-refractivity contribution in [1.82, 2.24) is 5.32 Å². The molecule has 1 aromatic rings. The molecule has 102 valence electrons. The lowest BCUT2D eigenvalue weighted by molar-refractivity contribution is -0.140. The summed E-state index contributed by atoms with van der Waals surface area (Å²) in [5, 5.41) is 11.2. The Kier molecular flexibility index (Phi) is 3.21. The van der Waals surface area contributed by atoms with E-state index in [0.717, 1.165) is 12.1 Å². The summed E-state index contributed by atoms with van der Waals surface area (Å²) in [5.41, 5.74) is -0.404. The topological polar surface area (TPSA) is 66.4 Å². The van der Waals surface area contributed by atoms with Gasteiger partial charge in [-0.2, -0.15) is 13.2 Å². The summed E-state index contributed by atoms with van der Waals surface area (Å²) in [6, 6.07) is 3.10. The molecular formula is C12H10F3NO3.